The molecule has 0 saturated heterocycles. The van der Waals surface area contributed by atoms with E-state index >= 15 is 0 Å². The fourth-order valence-corrected chi connectivity index (χ4v) is 2.88. The van der Waals surface area contributed by atoms with Crippen LogP contribution in [0.3, 0.4) is 0 Å². The summed E-state index contributed by atoms with van der Waals surface area (Å²) in [5.74, 6) is 0.468. The Balaban J connectivity index is 1.78. The van der Waals surface area contributed by atoms with Gasteiger partial charge < -0.3 is 5.32 Å². The Morgan fingerprint density at radius 3 is 2.54 bits per heavy atom. The first kappa shape index (κ1) is 16.0. The van der Waals surface area contributed by atoms with E-state index < -0.39 is 0 Å². The number of fused-ring (bicyclic) bond motifs is 1. The molecule has 0 fully saturated rings. The van der Waals surface area contributed by atoms with Crippen molar-refractivity contribution in [2.75, 3.05) is 5.32 Å². The first-order chi connectivity index (χ1) is 12.6. The largest absolute Gasteiger partial charge is 0.337 e. The lowest BCUT2D eigenvalue weighted by Gasteiger charge is -2.12. The maximum Gasteiger partial charge on any atom is 0.292 e. The van der Waals surface area contributed by atoms with Gasteiger partial charge in [0.1, 0.15) is 0 Å². The SMILES string of the molecule is Cc1ccc(Nc2n[nH]c(=O)c3c2nnn3C(C)c2ccccc2)cc1. The van der Waals surface area contributed by atoms with Crippen molar-refractivity contribution in [2.45, 2.75) is 19.9 Å². The summed E-state index contributed by atoms with van der Waals surface area (Å²) in [5.41, 5.74) is 3.59. The predicted molar refractivity (Wildman–Crippen MR) is 101 cm³/mol. The van der Waals surface area contributed by atoms with Crippen molar-refractivity contribution in [3.63, 3.8) is 0 Å². The normalized spacial score (nSPS) is 12.2. The highest BCUT2D eigenvalue weighted by Gasteiger charge is 2.19. The maximum atomic E-state index is 12.4. The summed E-state index contributed by atoms with van der Waals surface area (Å²) in [4.78, 5) is 12.4. The molecule has 2 heterocycles. The molecule has 130 valence electrons. The zero-order valence-electron chi connectivity index (χ0n) is 14.5. The second-order valence-electron chi connectivity index (χ2n) is 6.21. The van der Waals surface area contributed by atoms with Gasteiger partial charge in [-0.1, -0.05) is 53.2 Å². The van der Waals surface area contributed by atoms with Gasteiger partial charge in [-0.05, 0) is 31.5 Å². The van der Waals surface area contributed by atoms with Crippen molar-refractivity contribution < 1.29 is 0 Å². The third-order valence-corrected chi connectivity index (χ3v) is 4.37. The second-order valence-corrected chi connectivity index (χ2v) is 6.21. The molecular weight excluding hydrogens is 328 g/mol. The molecule has 0 bridgehead atoms. The molecule has 7 nitrogen and oxygen atoms in total. The molecule has 2 N–H and O–H groups in total. The fraction of sp³-hybridized carbons (Fsp3) is 0.158. The highest BCUT2D eigenvalue weighted by Crippen LogP contribution is 2.24. The lowest BCUT2D eigenvalue weighted by atomic mass is 10.1. The molecule has 4 rings (SSSR count). The summed E-state index contributed by atoms with van der Waals surface area (Å²) in [5, 5.41) is 18.3. The molecular formula is C19H18N6O. The number of aryl methyl sites for hydroxylation is 1. The Hall–Kier alpha value is -3.48. The monoisotopic (exact) mass is 346 g/mol. The molecule has 2 aromatic carbocycles. The summed E-state index contributed by atoms with van der Waals surface area (Å²) in [7, 11) is 0. The minimum absolute atomic E-state index is 0.128. The van der Waals surface area contributed by atoms with Crippen LogP contribution < -0.4 is 10.9 Å². The van der Waals surface area contributed by atoms with Crippen LogP contribution in [0.15, 0.2) is 59.4 Å². The van der Waals surface area contributed by atoms with E-state index in [9.17, 15) is 4.79 Å². The summed E-state index contributed by atoms with van der Waals surface area (Å²) in [6.07, 6.45) is 0. The van der Waals surface area contributed by atoms with E-state index in [2.05, 4.69) is 25.8 Å². The topological polar surface area (TPSA) is 88.5 Å². The van der Waals surface area contributed by atoms with Gasteiger partial charge in [-0.15, -0.1) is 5.10 Å². The van der Waals surface area contributed by atoms with Crippen LogP contribution in [0.1, 0.15) is 24.1 Å². The van der Waals surface area contributed by atoms with Gasteiger partial charge in [0.05, 0.1) is 6.04 Å². The maximum absolute atomic E-state index is 12.4. The summed E-state index contributed by atoms with van der Waals surface area (Å²) >= 11 is 0. The average molecular weight is 346 g/mol. The molecule has 7 heteroatoms. The van der Waals surface area contributed by atoms with E-state index in [0.717, 1.165) is 16.8 Å². The molecule has 0 aliphatic heterocycles. The Labute approximate surface area is 149 Å². The number of hydrogen-bond donors (Lipinski definition) is 2. The van der Waals surface area contributed by atoms with Crippen LogP contribution in [0.4, 0.5) is 11.5 Å². The Kier molecular flexibility index (Phi) is 3.96. The lowest BCUT2D eigenvalue weighted by Crippen LogP contribution is -2.17. The third-order valence-electron chi connectivity index (χ3n) is 4.37. The highest BCUT2D eigenvalue weighted by molar-refractivity contribution is 5.86. The van der Waals surface area contributed by atoms with Crippen molar-refractivity contribution in [1.29, 1.82) is 0 Å². The van der Waals surface area contributed by atoms with Crippen LogP contribution in [0.5, 0.6) is 0 Å². The number of rotatable bonds is 4. The van der Waals surface area contributed by atoms with Crippen LogP contribution in [0.25, 0.3) is 11.0 Å². The number of anilines is 2. The Morgan fingerprint density at radius 1 is 1.08 bits per heavy atom. The van der Waals surface area contributed by atoms with Gasteiger partial charge in [0.2, 0.25) is 0 Å². The third kappa shape index (κ3) is 2.83. The van der Waals surface area contributed by atoms with Gasteiger partial charge >= 0.3 is 0 Å². The van der Waals surface area contributed by atoms with Gasteiger partial charge in [0.25, 0.3) is 5.56 Å². The Bertz CT molecular complexity index is 1100. The Morgan fingerprint density at radius 2 is 1.81 bits per heavy atom. The predicted octanol–water partition coefficient (Wildman–Crippen LogP) is 3.18. The summed E-state index contributed by atoms with van der Waals surface area (Å²) < 4.78 is 1.63. The molecule has 1 unspecified atom stereocenters. The van der Waals surface area contributed by atoms with Gasteiger partial charge in [-0.25, -0.2) is 9.78 Å². The van der Waals surface area contributed by atoms with E-state index in [1.165, 1.54) is 0 Å². The average Bonchev–Trinajstić information content (AvgIpc) is 3.12. The summed E-state index contributed by atoms with van der Waals surface area (Å²) in [6, 6.07) is 17.6. The molecule has 0 aliphatic carbocycles. The number of nitrogens with one attached hydrogen (secondary N) is 2. The summed E-state index contributed by atoms with van der Waals surface area (Å²) in [6.45, 7) is 4.01. The van der Waals surface area contributed by atoms with Crippen LogP contribution in [-0.2, 0) is 0 Å². The van der Waals surface area contributed by atoms with Crippen LogP contribution in [0.2, 0.25) is 0 Å². The zero-order chi connectivity index (χ0) is 18.1. The van der Waals surface area contributed by atoms with E-state index in [1.807, 2.05) is 68.4 Å². The van der Waals surface area contributed by atoms with Crippen LogP contribution in [0, 0.1) is 6.92 Å². The molecule has 0 radical (unpaired) electrons. The molecule has 0 aliphatic rings. The number of benzene rings is 2. The van der Waals surface area contributed by atoms with Gasteiger partial charge in [-0.3, -0.25) is 4.79 Å². The minimum atomic E-state index is -0.317. The van der Waals surface area contributed by atoms with E-state index in [-0.39, 0.29) is 11.6 Å². The van der Waals surface area contributed by atoms with Crippen molar-refractivity contribution in [1.82, 2.24) is 25.2 Å². The minimum Gasteiger partial charge on any atom is -0.337 e. The number of H-pyrrole nitrogens is 1. The van der Waals surface area contributed by atoms with Crippen molar-refractivity contribution in [3.8, 4) is 0 Å². The number of nitrogens with zero attached hydrogens (tertiary/aromatic N) is 4. The smallest absolute Gasteiger partial charge is 0.292 e. The first-order valence-electron chi connectivity index (χ1n) is 8.35. The lowest BCUT2D eigenvalue weighted by molar-refractivity contribution is 0.558. The van der Waals surface area contributed by atoms with Crippen molar-refractivity contribution >= 4 is 22.5 Å². The molecule has 1 atom stereocenters. The van der Waals surface area contributed by atoms with Crippen molar-refractivity contribution in [3.05, 3.63) is 76.1 Å². The second kappa shape index (κ2) is 6.44. The van der Waals surface area contributed by atoms with Gasteiger partial charge in [0, 0.05) is 5.69 Å². The van der Waals surface area contributed by atoms with Crippen LogP contribution >= 0.6 is 0 Å². The van der Waals surface area contributed by atoms with Crippen molar-refractivity contribution in [2.24, 2.45) is 0 Å². The molecule has 2 aromatic heterocycles. The number of aromatic amines is 1. The highest BCUT2D eigenvalue weighted by atomic mass is 16.1. The molecule has 26 heavy (non-hydrogen) atoms. The van der Waals surface area contributed by atoms with E-state index in [4.69, 9.17) is 0 Å². The zero-order valence-corrected chi connectivity index (χ0v) is 14.5. The van der Waals surface area contributed by atoms with E-state index in [0.29, 0.717) is 16.9 Å². The number of aromatic nitrogens is 5. The quantitative estimate of drug-likeness (QED) is 0.592. The standard InChI is InChI=1S/C19H18N6O/c1-12-8-10-15(11-9-12)20-18-16-17(19(26)23-22-18)25(24-21-16)13(2)14-6-4-3-5-7-14/h3-11,13H,1-2H3,(H,20,22)(H,23,26). The fourth-order valence-electron chi connectivity index (χ4n) is 2.88. The number of hydrogen-bond acceptors (Lipinski definition) is 5. The molecule has 0 spiro atoms. The molecule has 0 amide bonds. The van der Waals surface area contributed by atoms with Crippen LogP contribution in [-0.4, -0.2) is 25.2 Å². The van der Waals surface area contributed by atoms with E-state index in [1.54, 1.807) is 4.68 Å². The molecule has 0 saturated carbocycles. The molecule has 4 aromatic rings. The van der Waals surface area contributed by atoms with Gasteiger partial charge in [0.15, 0.2) is 16.9 Å². The first-order valence-corrected chi connectivity index (χ1v) is 8.35. The van der Waals surface area contributed by atoms with Gasteiger partial charge in [-0.2, -0.15) is 5.10 Å².